The maximum Gasteiger partial charge on any atom is 0.266 e. The fourth-order valence-electron chi connectivity index (χ4n) is 3.15. The third-order valence-corrected chi connectivity index (χ3v) is 5.24. The molecule has 0 spiro atoms. The Kier molecular flexibility index (Phi) is 5.45. The number of rotatable bonds is 4. The van der Waals surface area contributed by atoms with Crippen molar-refractivity contribution in [2.45, 2.75) is 13.0 Å². The lowest BCUT2D eigenvalue weighted by Crippen LogP contribution is -2.28. The number of hydrogen-bond donors (Lipinski definition) is 4. The molecule has 0 amide bonds. The van der Waals surface area contributed by atoms with Crippen LogP contribution in [0.15, 0.2) is 35.3 Å². The predicted octanol–water partition coefficient (Wildman–Crippen LogP) is 2.94. The van der Waals surface area contributed by atoms with Crippen molar-refractivity contribution < 1.29 is 4.39 Å². The summed E-state index contributed by atoms with van der Waals surface area (Å²) < 4.78 is 15.2. The smallest absolute Gasteiger partial charge is 0.266 e. The summed E-state index contributed by atoms with van der Waals surface area (Å²) in [6.07, 6.45) is 1.40. The zero-order valence-electron chi connectivity index (χ0n) is 16.5. The third kappa shape index (κ3) is 3.83. The molecule has 0 unspecified atom stereocenters. The van der Waals surface area contributed by atoms with E-state index in [1.165, 1.54) is 16.8 Å². The Morgan fingerprint density at radius 2 is 1.88 bits per heavy atom. The van der Waals surface area contributed by atoms with Crippen LogP contribution >= 0.6 is 23.2 Å². The lowest BCUT2D eigenvalue weighted by Gasteiger charge is -2.21. The van der Waals surface area contributed by atoms with Crippen LogP contribution in [0, 0.1) is 5.82 Å². The maximum atomic E-state index is 14.0. The fraction of sp³-hybridized carbons (Fsp3) is 0.105. The highest BCUT2D eigenvalue weighted by molar-refractivity contribution is 6.35. The highest BCUT2D eigenvalue weighted by atomic mass is 35.5. The molecule has 0 radical (unpaired) electrons. The molecule has 13 heteroatoms. The Bertz CT molecular complexity index is 1410. The molecule has 0 aliphatic rings. The second kappa shape index (κ2) is 8.09. The van der Waals surface area contributed by atoms with Crippen LogP contribution in [0.4, 0.5) is 27.8 Å². The van der Waals surface area contributed by atoms with Gasteiger partial charge in [-0.3, -0.25) is 9.36 Å². The van der Waals surface area contributed by atoms with Gasteiger partial charge in [-0.25, -0.2) is 14.4 Å². The van der Waals surface area contributed by atoms with E-state index < -0.39 is 17.4 Å². The molecule has 0 aliphatic carbocycles. The van der Waals surface area contributed by atoms with Crippen LogP contribution in [0.3, 0.4) is 0 Å². The topological polar surface area (TPSA) is 164 Å². The summed E-state index contributed by atoms with van der Waals surface area (Å²) in [6, 6.07) is 4.59. The summed E-state index contributed by atoms with van der Waals surface area (Å²) in [6.45, 7) is 1.71. The number of nitrogens with two attached hydrogens (primary N) is 3. The van der Waals surface area contributed by atoms with Crippen molar-refractivity contribution in [1.29, 1.82) is 0 Å². The molecule has 0 aliphatic heterocycles. The number of anilines is 4. The number of benzene rings is 1. The number of fused-ring (bicyclic) bond motifs is 1. The molecule has 0 fully saturated rings. The van der Waals surface area contributed by atoms with Crippen molar-refractivity contribution in [3.63, 3.8) is 0 Å². The maximum absolute atomic E-state index is 14.0. The van der Waals surface area contributed by atoms with E-state index >= 15 is 0 Å². The molecular weight excluding hydrogens is 460 g/mol. The molecule has 1 atom stereocenters. The van der Waals surface area contributed by atoms with Crippen LogP contribution < -0.4 is 28.1 Å². The molecule has 7 N–H and O–H groups in total. The van der Waals surface area contributed by atoms with Gasteiger partial charge in [0.1, 0.15) is 28.3 Å². The Morgan fingerprint density at radius 1 is 1.12 bits per heavy atom. The van der Waals surface area contributed by atoms with Gasteiger partial charge in [-0.15, -0.1) is 0 Å². The summed E-state index contributed by atoms with van der Waals surface area (Å²) in [4.78, 5) is 29.8. The van der Waals surface area contributed by atoms with Crippen LogP contribution in [-0.4, -0.2) is 24.5 Å². The number of pyridine rings is 1. The quantitative estimate of drug-likeness (QED) is 0.347. The molecule has 4 rings (SSSR count). The van der Waals surface area contributed by atoms with Gasteiger partial charge in [-0.05, 0) is 31.2 Å². The van der Waals surface area contributed by atoms with E-state index in [0.717, 1.165) is 12.1 Å². The van der Waals surface area contributed by atoms with Gasteiger partial charge in [0.25, 0.3) is 5.56 Å². The largest absolute Gasteiger partial charge is 0.384 e. The van der Waals surface area contributed by atoms with E-state index in [1.807, 2.05) is 0 Å². The van der Waals surface area contributed by atoms with Gasteiger partial charge in [0.2, 0.25) is 5.95 Å². The fourth-order valence-corrected chi connectivity index (χ4v) is 3.54. The average molecular weight is 476 g/mol. The van der Waals surface area contributed by atoms with Crippen LogP contribution in [0.1, 0.15) is 18.8 Å². The van der Waals surface area contributed by atoms with Crippen molar-refractivity contribution in [1.82, 2.24) is 24.5 Å². The molecule has 0 bridgehead atoms. The van der Waals surface area contributed by atoms with Gasteiger partial charge < -0.3 is 22.5 Å². The van der Waals surface area contributed by atoms with Gasteiger partial charge in [-0.1, -0.05) is 23.2 Å². The van der Waals surface area contributed by atoms with E-state index in [0.29, 0.717) is 5.69 Å². The van der Waals surface area contributed by atoms with E-state index in [2.05, 4.69) is 25.3 Å². The van der Waals surface area contributed by atoms with E-state index in [4.69, 9.17) is 40.4 Å². The summed E-state index contributed by atoms with van der Waals surface area (Å²) in [5.41, 5.74) is 17.0. The second-order valence-corrected chi connectivity index (χ2v) is 7.62. The minimum Gasteiger partial charge on any atom is -0.384 e. The number of hydrogen-bond acceptors (Lipinski definition) is 9. The van der Waals surface area contributed by atoms with E-state index in [1.54, 1.807) is 13.0 Å². The summed E-state index contributed by atoms with van der Waals surface area (Å²) >= 11 is 12.4. The van der Waals surface area contributed by atoms with Crippen LogP contribution in [-0.2, 0) is 0 Å². The van der Waals surface area contributed by atoms with Crippen LogP contribution in [0.2, 0.25) is 10.0 Å². The standard InChI is InChI=1S/C19H16Cl2FN9O/c1-7(27-16-13(21)15(24)29-19(25)30-16)17-28-14-10(4-8(22)5-11(14)20)18(32)31(17)9-2-3-12(23)26-6-9/h2-7H,1H3,(H2,23,26)(H5,24,25,27,29,30)/t7-/m0/s1. The van der Waals surface area contributed by atoms with Crippen molar-refractivity contribution in [3.8, 4) is 5.69 Å². The number of nitrogens with one attached hydrogen (secondary N) is 1. The molecule has 0 saturated carbocycles. The first kappa shape index (κ1) is 21.5. The van der Waals surface area contributed by atoms with Crippen LogP contribution in [0.5, 0.6) is 0 Å². The molecular formula is C19H16Cl2FN9O. The Morgan fingerprint density at radius 3 is 2.56 bits per heavy atom. The zero-order valence-corrected chi connectivity index (χ0v) is 18.0. The van der Waals surface area contributed by atoms with Crippen molar-refractivity contribution in [2.75, 3.05) is 22.5 Å². The molecule has 0 saturated heterocycles. The van der Waals surface area contributed by atoms with E-state index in [9.17, 15) is 9.18 Å². The molecule has 1 aromatic carbocycles. The summed E-state index contributed by atoms with van der Waals surface area (Å²) in [5, 5.41) is 3.06. The monoisotopic (exact) mass is 475 g/mol. The van der Waals surface area contributed by atoms with Gasteiger partial charge in [0, 0.05) is 0 Å². The number of halogens is 3. The minimum absolute atomic E-state index is 0.00340. The zero-order chi connectivity index (χ0) is 23.2. The molecule has 3 aromatic heterocycles. The first-order chi connectivity index (χ1) is 15.2. The highest BCUT2D eigenvalue weighted by Gasteiger charge is 2.22. The molecule has 4 aromatic rings. The van der Waals surface area contributed by atoms with Gasteiger partial charge >= 0.3 is 0 Å². The van der Waals surface area contributed by atoms with Crippen molar-refractivity contribution in [2.24, 2.45) is 0 Å². The van der Waals surface area contributed by atoms with Gasteiger partial charge in [0.15, 0.2) is 5.82 Å². The predicted molar refractivity (Wildman–Crippen MR) is 122 cm³/mol. The lowest BCUT2D eigenvalue weighted by molar-refractivity contribution is 0.629. The Balaban J connectivity index is 1.95. The normalized spacial score (nSPS) is 12.1. The number of nitrogens with zero attached hydrogens (tertiary/aromatic N) is 5. The highest BCUT2D eigenvalue weighted by Crippen LogP contribution is 2.30. The molecule has 3 heterocycles. The third-order valence-electron chi connectivity index (χ3n) is 4.58. The number of aromatic nitrogens is 5. The second-order valence-electron chi connectivity index (χ2n) is 6.83. The first-order valence-electron chi connectivity index (χ1n) is 9.14. The average Bonchev–Trinajstić information content (AvgIpc) is 2.73. The molecule has 32 heavy (non-hydrogen) atoms. The molecule has 164 valence electrons. The minimum atomic E-state index is -0.669. The Hall–Kier alpha value is -3.70. The lowest BCUT2D eigenvalue weighted by atomic mass is 10.2. The number of nitrogen functional groups attached to an aromatic ring is 3. The first-order valence-corrected chi connectivity index (χ1v) is 9.90. The van der Waals surface area contributed by atoms with E-state index in [-0.39, 0.29) is 50.2 Å². The van der Waals surface area contributed by atoms with Gasteiger partial charge in [-0.2, -0.15) is 9.97 Å². The van der Waals surface area contributed by atoms with Crippen LogP contribution in [0.25, 0.3) is 16.6 Å². The summed E-state index contributed by atoms with van der Waals surface area (Å²) in [7, 11) is 0. The Labute approximate surface area is 190 Å². The molecule has 10 nitrogen and oxygen atoms in total. The van der Waals surface area contributed by atoms with Crippen molar-refractivity contribution >= 4 is 57.5 Å². The van der Waals surface area contributed by atoms with Crippen molar-refractivity contribution in [3.05, 3.63) is 62.5 Å². The SMILES string of the molecule is C[C@H](Nc1nc(N)nc(N)c1Cl)c1nc2c(Cl)cc(F)cc2c(=O)n1-c1ccc(N)nc1. The van der Waals surface area contributed by atoms with Gasteiger partial charge in [0.05, 0.1) is 33.9 Å². The summed E-state index contributed by atoms with van der Waals surface area (Å²) in [5.74, 6) is -0.150.